The predicted octanol–water partition coefficient (Wildman–Crippen LogP) is 1.88. The molecule has 0 N–H and O–H groups in total. The highest BCUT2D eigenvalue weighted by molar-refractivity contribution is 6.30. The first-order valence-electron chi connectivity index (χ1n) is 9.72. The van der Waals surface area contributed by atoms with Gasteiger partial charge in [-0.25, -0.2) is 0 Å². The van der Waals surface area contributed by atoms with Gasteiger partial charge in [-0.1, -0.05) is 11.6 Å². The lowest BCUT2D eigenvalue weighted by atomic mass is 9.73. The summed E-state index contributed by atoms with van der Waals surface area (Å²) in [5.74, 6) is 3.17. The van der Waals surface area contributed by atoms with Crippen LogP contribution < -0.4 is 9.80 Å². The lowest BCUT2D eigenvalue weighted by molar-refractivity contribution is 0.151. The summed E-state index contributed by atoms with van der Waals surface area (Å²) in [5, 5.41) is 13.8. The topological polar surface area (TPSA) is 79.4 Å². The van der Waals surface area contributed by atoms with E-state index in [1.54, 1.807) is 0 Å². The van der Waals surface area contributed by atoms with Gasteiger partial charge in [-0.05, 0) is 36.0 Å². The Morgan fingerprint density at radius 2 is 1.86 bits per heavy atom. The number of benzene rings is 1. The van der Waals surface area contributed by atoms with Gasteiger partial charge in [-0.2, -0.15) is 4.98 Å². The monoisotopic (exact) mass is 412 g/mol. The minimum atomic E-state index is 0.269. The zero-order valence-corrected chi connectivity index (χ0v) is 17.1. The second kappa shape index (κ2) is 5.93. The number of aryl methyl sites for hydroxylation is 1. The van der Waals surface area contributed by atoms with E-state index in [-0.39, 0.29) is 5.41 Å². The third kappa shape index (κ3) is 2.64. The third-order valence-electron chi connectivity index (χ3n) is 6.03. The fraction of sp³-hybridized carbons (Fsp3) is 0.474. The molecule has 29 heavy (non-hydrogen) atoms. The van der Waals surface area contributed by atoms with E-state index in [1.165, 1.54) is 5.56 Å². The Bertz CT molecular complexity index is 1090. The average molecular weight is 413 g/mol. The fourth-order valence-electron chi connectivity index (χ4n) is 4.77. The van der Waals surface area contributed by atoms with Gasteiger partial charge in [-0.15, -0.1) is 10.2 Å². The SMILES string of the molecule is Cc1nc(N2CC3(C2)CN(c2nnc4n2-c2ccc(Cl)cc2CN(C)C4)C3)no1. The summed E-state index contributed by atoms with van der Waals surface area (Å²) in [7, 11) is 2.09. The summed E-state index contributed by atoms with van der Waals surface area (Å²) in [6.45, 7) is 7.20. The number of nitrogens with zero attached hydrogens (tertiary/aromatic N) is 8. The smallest absolute Gasteiger partial charge is 0.266 e. The van der Waals surface area contributed by atoms with Crippen LogP contribution in [0.15, 0.2) is 22.7 Å². The molecule has 0 amide bonds. The molecule has 3 aromatic rings. The van der Waals surface area contributed by atoms with Gasteiger partial charge in [0.25, 0.3) is 5.95 Å². The Morgan fingerprint density at radius 3 is 2.62 bits per heavy atom. The molecule has 6 rings (SSSR count). The van der Waals surface area contributed by atoms with Gasteiger partial charge in [0.1, 0.15) is 0 Å². The summed E-state index contributed by atoms with van der Waals surface area (Å²) >= 11 is 6.26. The quantitative estimate of drug-likeness (QED) is 0.631. The number of hydrogen-bond acceptors (Lipinski definition) is 8. The Kier molecular flexibility index (Phi) is 3.52. The molecule has 150 valence electrons. The van der Waals surface area contributed by atoms with E-state index in [2.05, 4.69) is 52.7 Å². The van der Waals surface area contributed by atoms with Gasteiger partial charge < -0.3 is 14.3 Å². The van der Waals surface area contributed by atoms with Gasteiger partial charge in [0.15, 0.2) is 5.82 Å². The summed E-state index contributed by atoms with van der Waals surface area (Å²) in [4.78, 5) is 11.1. The molecule has 0 atom stereocenters. The molecule has 3 aliphatic heterocycles. The Morgan fingerprint density at radius 1 is 1.07 bits per heavy atom. The lowest BCUT2D eigenvalue weighted by Gasteiger charge is -2.59. The molecule has 10 heteroatoms. The standard InChI is InChI=1S/C19H21ClN8O/c1-12-21-17(24-29-12)26-8-19(9-26)10-27(11-19)18-23-22-16-7-25(2)6-13-5-14(20)3-4-15(13)28(16)18/h3-5H,6-11H2,1-2H3. The minimum absolute atomic E-state index is 0.269. The van der Waals surface area contributed by atoms with Gasteiger partial charge in [0.2, 0.25) is 11.8 Å². The van der Waals surface area contributed by atoms with E-state index in [4.69, 9.17) is 16.1 Å². The second-order valence-electron chi connectivity index (χ2n) is 8.52. The molecule has 0 unspecified atom stereocenters. The number of rotatable bonds is 2. The van der Waals surface area contributed by atoms with E-state index in [0.29, 0.717) is 11.8 Å². The number of fused-ring (bicyclic) bond motifs is 3. The van der Waals surface area contributed by atoms with Gasteiger partial charge in [0.05, 0.1) is 12.2 Å². The molecular weight excluding hydrogens is 392 g/mol. The maximum atomic E-state index is 6.26. The molecule has 0 saturated carbocycles. The largest absolute Gasteiger partial charge is 0.339 e. The fourth-order valence-corrected chi connectivity index (χ4v) is 4.97. The maximum Gasteiger partial charge on any atom is 0.266 e. The Balaban J connectivity index is 1.25. The third-order valence-corrected chi connectivity index (χ3v) is 6.27. The zero-order valence-electron chi connectivity index (χ0n) is 16.3. The van der Waals surface area contributed by atoms with Crippen LogP contribution in [0.4, 0.5) is 11.9 Å². The van der Waals surface area contributed by atoms with Crippen molar-refractivity contribution in [2.45, 2.75) is 20.0 Å². The van der Waals surface area contributed by atoms with Crippen molar-refractivity contribution in [2.75, 3.05) is 43.0 Å². The molecule has 2 saturated heterocycles. The molecule has 3 aliphatic rings. The van der Waals surface area contributed by atoms with Crippen molar-refractivity contribution in [3.8, 4) is 5.69 Å². The second-order valence-corrected chi connectivity index (χ2v) is 8.96. The first-order valence-corrected chi connectivity index (χ1v) is 10.1. The van der Waals surface area contributed by atoms with Crippen molar-refractivity contribution < 1.29 is 4.52 Å². The summed E-state index contributed by atoms with van der Waals surface area (Å²) in [6, 6.07) is 6.06. The number of aromatic nitrogens is 5. The molecule has 0 radical (unpaired) electrons. The highest BCUT2D eigenvalue weighted by Gasteiger charge is 2.54. The highest BCUT2D eigenvalue weighted by atomic mass is 35.5. The molecule has 1 spiro atoms. The molecular formula is C19H21ClN8O. The number of anilines is 2. The van der Waals surface area contributed by atoms with E-state index in [1.807, 2.05) is 19.1 Å². The van der Waals surface area contributed by atoms with Crippen molar-refractivity contribution in [1.29, 1.82) is 0 Å². The van der Waals surface area contributed by atoms with Crippen molar-refractivity contribution in [3.05, 3.63) is 40.5 Å². The van der Waals surface area contributed by atoms with Crippen LogP contribution in [0.1, 0.15) is 17.3 Å². The molecule has 0 bridgehead atoms. The van der Waals surface area contributed by atoms with Crippen LogP contribution in [0.2, 0.25) is 5.02 Å². The van der Waals surface area contributed by atoms with Crippen LogP contribution in [0.5, 0.6) is 0 Å². The molecule has 2 aromatic heterocycles. The predicted molar refractivity (Wildman–Crippen MR) is 107 cm³/mol. The highest BCUT2D eigenvalue weighted by Crippen LogP contribution is 2.43. The molecule has 1 aromatic carbocycles. The van der Waals surface area contributed by atoms with Gasteiger partial charge >= 0.3 is 0 Å². The van der Waals surface area contributed by atoms with Crippen molar-refractivity contribution in [3.63, 3.8) is 0 Å². The first kappa shape index (κ1) is 17.2. The summed E-state index contributed by atoms with van der Waals surface area (Å²) in [6.07, 6.45) is 0. The first-order chi connectivity index (χ1) is 14.0. The normalized spacial score (nSPS) is 20.1. The average Bonchev–Trinajstić information content (AvgIpc) is 3.16. The maximum absolute atomic E-state index is 6.26. The van der Waals surface area contributed by atoms with Crippen LogP contribution in [0.3, 0.4) is 0 Å². The van der Waals surface area contributed by atoms with E-state index < -0.39 is 0 Å². The Hall–Kier alpha value is -2.65. The number of hydrogen-bond donors (Lipinski definition) is 0. The van der Waals surface area contributed by atoms with Gasteiger partial charge in [0, 0.05) is 50.1 Å². The summed E-state index contributed by atoms with van der Waals surface area (Å²) < 4.78 is 7.29. The zero-order chi connectivity index (χ0) is 19.8. The molecule has 9 nitrogen and oxygen atoms in total. The van der Waals surface area contributed by atoms with Crippen molar-refractivity contribution in [2.24, 2.45) is 5.41 Å². The molecule has 5 heterocycles. The lowest BCUT2D eigenvalue weighted by Crippen LogP contribution is -2.73. The van der Waals surface area contributed by atoms with E-state index in [9.17, 15) is 0 Å². The van der Waals surface area contributed by atoms with Gasteiger partial charge in [-0.3, -0.25) is 9.47 Å². The summed E-state index contributed by atoms with van der Waals surface area (Å²) in [5.41, 5.74) is 2.58. The Labute approximate surface area is 172 Å². The van der Waals surface area contributed by atoms with Crippen LogP contribution in [0, 0.1) is 12.3 Å². The van der Waals surface area contributed by atoms with E-state index in [0.717, 1.165) is 61.8 Å². The minimum Gasteiger partial charge on any atom is -0.339 e. The van der Waals surface area contributed by atoms with Crippen LogP contribution in [0.25, 0.3) is 5.69 Å². The van der Waals surface area contributed by atoms with E-state index >= 15 is 0 Å². The van der Waals surface area contributed by atoms with Crippen molar-refractivity contribution in [1.82, 2.24) is 29.8 Å². The molecule has 2 fully saturated rings. The number of halogens is 1. The molecule has 0 aliphatic carbocycles. The van der Waals surface area contributed by atoms with Crippen LogP contribution in [-0.4, -0.2) is 63.0 Å². The van der Waals surface area contributed by atoms with Crippen molar-refractivity contribution >= 4 is 23.5 Å². The van der Waals surface area contributed by atoms with Crippen LogP contribution in [-0.2, 0) is 13.1 Å². The van der Waals surface area contributed by atoms with Crippen LogP contribution >= 0.6 is 11.6 Å².